The molecule has 0 aliphatic carbocycles. The largest absolute Gasteiger partial charge is 0.394 e. The summed E-state index contributed by atoms with van der Waals surface area (Å²) < 4.78 is 5.20. The van der Waals surface area contributed by atoms with Crippen LogP contribution in [-0.4, -0.2) is 83.7 Å². The van der Waals surface area contributed by atoms with Crippen molar-refractivity contribution in [3.63, 3.8) is 0 Å². The van der Waals surface area contributed by atoms with Crippen molar-refractivity contribution in [1.82, 2.24) is 9.80 Å². The van der Waals surface area contributed by atoms with Crippen LogP contribution in [-0.2, 0) is 14.3 Å². The summed E-state index contributed by atoms with van der Waals surface area (Å²) in [4.78, 5) is 27.5. The highest BCUT2D eigenvalue weighted by Crippen LogP contribution is 2.18. The van der Waals surface area contributed by atoms with E-state index in [1.54, 1.807) is 9.80 Å². The molecule has 6 nitrogen and oxygen atoms in total. The van der Waals surface area contributed by atoms with Crippen LogP contribution in [0.5, 0.6) is 0 Å². The number of hydrogen-bond donors (Lipinski definition) is 1. The fourth-order valence-electron chi connectivity index (χ4n) is 2.57. The normalized spacial score (nSPS) is 23.1. The molecule has 2 heterocycles. The molecule has 0 aromatic carbocycles. The number of carbonyl (C=O) groups excluding carboxylic acids is 2. The van der Waals surface area contributed by atoms with Crippen molar-refractivity contribution in [3.8, 4) is 0 Å². The molecule has 2 saturated heterocycles. The van der Waals surface area contributed by atoms with Crippen LogP contribution >= 0.6 is 11.8 Å². The lowest BCUT2D eigenvalue weighted by Gasteiger charge is -2.27. The molecule has 2 rings (SSSR count). The average Bonchev–Trinajstić information content (AvgIpc) is 2.96. The van der Waals surface area contributed by atoms with Gasteiger partial charge < -0.3 is 19.6 Å². The first-order chi connectivity index (χ1) is 9.72. The number of nitrogens with zero attached hydrogens (tertiary/aromatic N) is 2. The van der Waals surface area contributed by atoms with Gasteiger partial charge in [-0.05, 0) is 12.8 Å². The molecular weight excluding hydrogens is 280 g/mol. The molecule has 1 N–H and O–H groups in total. The minimum Gasteiger partial charge on any atom is -0.394 e. The van der Waals surface area contributed by atoms with Gasteiger partial charge in [0.15, 0.2) is 0 Å². The summed E-state index contributed by atoms with van der Waals surface area (Å²) in [5, 5.41) is 9.20. The molecule has 114 valence electrons. The van der Waals surface area contributed by atoms with Crippen LogP contribution in [0.4, 0.5) is 0 Å². The molecule has 7 heteroatoms. The van der Waals surface area contributed by atoms with E-state index < -0.39 is 0 Å². The molecule has 0 radical (unpaired) electrons. The molecule has 0 spiro atoms. The lowest BCUT2D eigenvalue weighted by molar-refractivity contribution is -0.132. The number of ether oxygens (including phenoxy) is 1. The second-order valence-electron chi connectivity index (χ2n) is 5.05. The third kappa shape index (κ3) is 4.10. The van der Waals surface area contributed by atoms with Gasteiger partial charge in [-0.1, -0.05) is 0 Å². The van der Waals surface area contributed by atoms with Gasteiger partial charge in [0, 0.05) is 19.6 Å². The van der Waals surface area contributed by atoms with E-state index in [2.05, 4.69) is 0 Å². The molecular formula is C13H22N2O4S. The highest BCUT2D eigenvalue weighted by atomic mass is 32.2. The minimum absolute atomic E-state index is 0.0290. The van der Waals surface area contributed by atoms with E-state index in [1.165, 1.54) is 11.8 Å². The Labute approximate surface area is 123 Å². The van der Waals surface area contributed by atoms with E-state index in [-0.39, 0.29) is 24.5 Å². The Morgan fingerprint density at radius 1 is 1.15 bits per heavy atom. The van der Waals surface area contributed by atoms with Crippen molar-refractivity contribution in [2.24, 2.45) is 0 Å². The van der Waals surface area contributed by atoms with Crippen LogP contribution in [0.3, 0.4) is 0 Å². The van der Waals surface area contributed by atoms with Crippen LogP contribution in [0.2, 0.25) is 0 Å². The van der Waals surface area contributed by atoms with E-state index in [0.717, 1.165) is 19.4 Å². The second-order valence-corrected chi connectivity index (χ2v) is 6.04. The first kappa shape index (κ1) is 15.6. The number of thioether (sulfide) groups is 1. The molecule has 1 unspecified atom stereocenters. The number of likely N-dealkylation sites (tertiary alicyclic amines) is 1. The van der Waals surface area contributed by atoms with Crippen LogP contribution in [0, 0.1) is 0 Å². The molecule has 0 aromatic rings. The number of carbonyl (C=O) groups is 2. The quantitative estimate of drug-likeness (QED) is 0.746. The Hall–Kier alpha value is -0.790. The third-order valence-electron chi connectivity index (χ3n) is 3.72. The van der Waals surface area contributed by atoms with Crippen molar-refractivity contribution in [2.45, 2.75) is 18.9 Å². The fraction of sp³-hybridized carbons (Fsp3) is 0.846. The van der Waals surface area contributed by atoms with E-state index in [9.17, 15) is 14.7 Å². The predicted molar refractivity (Wildman–Crippen MR) is 76.5 cm³/mol. The Morgan fingerprint density at radius 2 is 1.85 bits per heavy atom. The molecule has 2 aliphatic heterocycles. The number of morpholine rings is 1. The summed E-state index contributed by atoms with van der Waals surface area (Å²) in [7, 11) is 0. The zero-order chi connectivity index (χ0) is 14.4. The summed E-state index contributed by atoms with van der Waals surface area (Å²) in [6, 6.07) is -0.0296. The Kier molecular flexibility index (Phi) is 6.12. The number of hydrogen-bond acceptors (Lipinski definition) is 5. The first-order valence-corrected chi connectivity index (χ1v) is 8.21. The van der Waals surface area contributed by atoms with Gasteiger partial charge in [-0.3, -0.25) is 9.59 Å². The highest BCUT2D eigenvalue weighted by Gasteiger charge is 2.28. The number of amides is 2. The van der Waals surface area contributed by atoms with Crippen molar-refractivity contribution >= 4 is 23.6 Å². The summed E-state index contributed by atoms with van der Waals surface area (Å²) in [5.41, 5.74) is 0. The van der Waals surface area contributed by atoms with E-state index in [0.29, 0.717) is 37.8 Å². The van der Waals surface area contributed by atoms with Gasteiger partial charge in [0.25, 0.3) is 0 Å². The Bertz CT molecular complexity index is 347. The maximum Gasteiger partial charge on any atom is 0.232 e. The van der Waals surface area contributed by atoms with Gasteiger partial charge in [0.2, 0.25) is 11.8 Å². The maximum atomic E-state index is 12.0. The summed E-state index contributed by atoms with van der Waals surface area (Å²) in [6.07, 6.45) is 1.83. The molecule has 2 aliphatic rings. The number of aliphatic hydroxyl groups excluding tert-OH is 1. The van der Waals surface area contributed by atoms with Crippen LogP contribution in [0.1, 0.15) is 12.8 Å². The lowest BCUT2D eigenvalue weighted by atomic mass is 10.2. The van der Waals surface area contributed by atoms with Gasteiger partial charge in [0.1, 0.15) is 0 Å². The van der Waals surface area contributed by atoms with E-state index >= 15 is 0 Å². The van der Waals surface area contributed by atoms with Crippen LogP contribution in [0.25, 0.3) is 0 Å². The lowest BCUT2D eigenvalue weighted by Crippen LogP contribution is -2.42. The Balaban J connectivity index is 1.67. The van der Waals surface area contributed by atoms with Crippen molar-refractivity contribution in [3.05, 3.63) is 0 Å². The molecule has 0 saturated carbocycles. The summed E-state index contributed by atoms with van der Waals surface area (Å²) in [6.45, 7) is 3.24. The molecule has 2 amide bonds. The third-order valence-corrected chi connectivity index (χ3v) is 4.63. The second kappa shape index (κ2) is 7.85. The molecule has 20 heavy (non-hydrogen) atoms. The SMILES string of the molecule is O=C(CSCC(=O)N1CCCC1CO)N1CCOCC1. The van der Waals surface area contributed by atoms with Crippen molar-refractivity contribution < 1.29 is 19.4 Å². The topological polar surface area (TPSA) is 70.1 Å². The summed E-state index contributed by atoms with van der Waals surface area (Å²) in [5.74, 6) is 0.753. The minimum atomic E-state index is -0.0296. The smallest absolute Gasteiger partial charge is 0.232 e. The maximum absolute atomic E-state index is 12.0. The molecule has 0 bridgehead atoms. The molecule has 1 atom stereocenters. The Morgan fingerprint density at radius 3 is 2.55 bits per heavy atom. The van der Waals surface area contributed by atoms with E-state index in [1.807, 2.05) is 0 Å². The highest BCUT2D eigenvalue weighted by molar-refractivity contribution is 8.00. The van der Waals surface area contributed by atoms with Gasteiger partial charge >= 0.3 is 0 Å². The van der Waals surface area contributed by atoms with Gasteiger partial charge in [0.05, 0.1) is 37.4 Å². The van der Waals surface area contributed by atoms with E-state index in [4.69, 9.17) is 4.74 Å². The number of aliphatic hydroxyl groups is 1. The van der Waals surface area contributed by atoms with Gasteiger partial charge in [-0.2, -0.15) is 0 Å². The number of rotatable bonds is 5. The summed E-state index contributed by atoms with van der Waals surface area (Å²) >= 11 is 1.36. The average molecular weight is 302 g/mol. The van der Waals surface area contributed by atoms with Crippen LogP contribution in [0.15, 0.2) is 0 Å². The predicted octanol–water partition coefficient (Wildman–Crippen LogP) is -0.438. The standard InChI is InChI=1S/C13H22N2O4S/c16-8-11-2-1-3-15(11)13(18)10-20-9-12(17)14-4-6-19-7-5-14/h11,16H,1-10H2. The molecule has 2 fully saturated rings. The first-order valence-electron chi connectivity index (χ1n) is 7.06. The zero-order valence-corrected chi connectivity index (χ0v) is 12.4. The molecule has 0 aromatic heterocycles. The van der Waals surface area contributed by atoms with Crippen molar-refractivity contribution in [2.75, 3.05) is 51.0 Å². The fourth-order valence-corrected chi connectivity index (χ4v) is 3.37. The van der Waals surface area contributed by atoms with Gasteiger partial charge in [-0.25, -0.2) is 0 Å². The van der Waals surface area contributed by atoms with Crippen molar-refractivity contribution in [1.29, 1.82) is 0 Å². The van der Waals surface area contributed by atoms with Gasteiger partial charge in [-0.15, -0.1) is 11.8 Å². The monoisotopic (exact) mass is 302 g/mol. The van der Waals surface area contributed by atoms with Crippen LogP contribution < -0.4 is 0 Å². The zero-order valence-electron chi connectivity index (χ0n) is 11.6.